The molecular formula is C16H24N2O2S. The number of methoxy groups -OCH3 is 1. The van der Waals surface area contributed by atoms with Crippen LogP contribution in [-0.4, -0.2) is 49.9 Å². The highest BCUT2D eigenvalue weighted by Crippen LogP contribution is 2.27. The smallest absolute Gasteiger partial charge is 0.228 e. The van der Waals surface area contributed by atoms with Crippen molar-refractivity contribution in [2.75, 3.05) is 44.4 Å². The molecule has 1 saturated heterocycles. The van der Waals surface area contributed by atoms with Gasteiger partial charge in [-0.15, -0.1) is 11.8 Å². The van der Waals surface area contributed by atoms with E-state index in [1.807, 2.05) is 18.2 Å². The summed E-state index contributed by atoms with van der Waals surface area (Å²) in [6.45, 7) is 5.56. The molecule has 1 amide bonds. The van der Waals surface area contributed by atoms with E-state index in [2.05, 4.69) is 23.2 Å². The summed E-state index contributed by atoms with van der Waals surface area (Å²) in [7, 11) is 1.71. The highest BCUT2D eigenvalue weighted by Gasteiger charge is 2.28. The second-order valence-electron chi connectivity index (χ2n) is 5.20. The van der Waals surface area contributed by atoms with Gasteiger partial charge in [-0.3, -0.25) is 4.79 Å². The molecule has 116 valence electrons. The minimum absolute atomic E-state index is 0.0848. The van der Waals surface area contributed by atoms with Gasteiger partial charge in [-0.1, -0.05) is 19.1 Å². The van der Waals surface area contributed by atoms with Crippen molar-refractivity contribution in [2.24, 2.45) is 5.92 Å². The Balaban J connectivity index is 1.90. The molecule has 0 spiro atoms. The number of hydrogen-bond donors (Lipinski definition) is 1. The first-order valence-corrected chi connectivity index (χ1v) is 8.47. The molecule has 1 atom stereocenters. The number of ether oxygens (including phenoxy) is 1. The van der Waals surface area contributed by atoms with Gasteiger partial charge in [0.15, 0.2) is 0 Å². The first-order chi connectivity index (χ1) is 10.2. The highest BCUT2D eigenvalue weighted by atomic mass is 32.2. The number of carbonyl (C=O) groups is 1. The van der Waals surface area contributed by atoms with E-state index in [1.54, 1.807) is 18.9 Å². The molecule has 1 aliphatic heterocycles. The zero-order valence-corrected chi connectivity index (χ0v) is 13.6. The van der Waals surface area contributed by atoms with E-state index in [4.69, 9.17) is 4.74 Å². The third-order valence-electron chi connectivity index (χ3n) is 3.70. The van der Waals surface area contributed by atoms with E-state index in [-0.39, 0.29) is 11.8 Å². The summed E-state index contributed by atoms with van der Waals surface area (Å²) in [4.78, 5) is 15.8. The molecule has 1 aromatic rings. The van der Waals surface area contributed by atoms with Gasteiger partial charge in [0.2, 0.25) is 5.91 Å². The molecule has 1 aromatic carbocycles. The van der Waals surface area contributed by atoms with Gasteiger partial charge in [-0.2, -0.15) is 0 Å². The van der Waals surface area contributed by atoms with Gasteiger partial charge in [0, 0.05) is 25.1 Å². The molecule has 1 aliphatic rings. The Morgan fingerprint density at radius 1 is 1.48 bits per heavy atom. The number of para-hydroxylation sites is 1. The van der Waals surface area contributed by atoms with Gasteiger partial charge < -0.3 is 15.0 Å². The normalized spacial score (nSPS) is 18.9. The van der Waals surface area contributed by atoms with Crippen LogP contribution in [0.25, 0.3) is 0 Å². The van der Waals surface area contributed by atoms with Crippen LogP contribution in [0.5, 0.6) is 0 Å². The van der Waals surface area contributed by atoms with Gasteiger partial charge in [0.05, 0.1) is 18.2 Å². The predicted molar refractivity (Wildman–Crippen MR) is 87.9 cm³/mol. The first-order valence-electron chi connectivity index (χ1n) is 7.48. The van der Waals surface area contributed by atoms with Crippen molar-refractivity contribution in [2.45, 2.75) is 18.2 Å². The largest absolute Gasteiger partial charge is 0.383 e. The molecular weight excluding hydrogens is 284 g/mol. The number of hydrogen-bond acceptors (Lipinski definition) is 4. The number of nitrogens with zero attached hydrogens (tertiary/aromatic N) is 1. The molecule has 21 heavy (non-hydrogen) atoms. The average molecular weight is 308 g/mol. The molecule has 4 nitrogen and oxygen atoms in total. The Labute approximate surface area is 131 Å². The molecule has 5 heteroatoms. The molecule has 0 aliphatic carbocycles. The van der Waals surface area contributed by atoms with Crippen molar-refractivity contribution in [3.63, 3.8) is 0 Å². The SMILES string of the molecule is CCSc1ccccc1NC(=O)C1CCN(CCOC)C1. The maximum atomic E-state index is 12.4. The van der Waals surface area contributed by atoms with Crippen molar-refractivity contribution in [3.05, 3.63) is 24.3 Å². The second-order valence-corrected chi connectivity index (χ2v) is 6.50. The van der Waals surface area contributed by atoms with Crippen LogP contribution in [0, 0.1) is 5.92 Å². The quantitative estimate of drug-likeness (QED) is 0.786. The van der Waals surface area contributed by atoms with E-state index >= 15 is 0 Å². The Kier molecular flexibility index (Phi) is 6.54. The lowest BCUT2D eigenvalue weighted by atomic mass is 10.1. The molecule has 1 unspecified atom stereocenters. The molecule has 2 rings (SSSR count). The molecule has 0 bridgehead atoms. The van der Waals surface area contributed by atoms with E-state index in [1.165, 1.54) is 0 Å². The summed E-state index contributed by atoms with van der Waals surface area (Å²) in [5.41, 5.74) is 0.935. The topological polar surface area (TPSA) is 41.6 Å². The fourth-order valence-corrected chi connectivity index (χ4v) is 3.32. The maximum absolute atomic E-state index is 12.4. The number of carbonyl (C=O) groups excluding carboxylic acids is 1. The van der Waals surface area contributed by atoms with Crippen molar-refractivity contribution in [3.8, 4) is 0 Å². The van der Waals surface area contributed by atoms with Crippen LogP contribution in [-0.2, 0) is 9.53 Å². The average Bonchev–Trinajstić information content (AvgIpc) is 2.96. The number of anilines is 1. The van der Waals surface area contributed by atoms with E-state index < -0.39 is 0 Å². The number of thioether (sulfide) groups is 1. The number of likely N-dealkylation sites (tertiary alicyclic amines) is 1. The fraction of sp³-hybridized carbons (Fsp3) is 0.562. The molecule has 1 N–H and O–H groups in total. The van der Waals surface area contributed by atoms with Gasteiger partial charge in [0.25, 0.3) is 0 Å². The monoisotopic (exact) mass is 308 g/mol. The lowest BCUT2D eigenvalue weighted by Gasteiger charge is -2.16. The highest BCUT2D eigenvalue weighted by molar-refractivity contribution is 7.99. The van der Waals surface area contributed by atoms with E-state index in [0.717, 1.165) is 49.0 Å². The molecule has 0 radical (unpaired) electrons. The van der Waals surface area contributed by atoms with Gasteiger partial charge in [0.1, 0.15) is 0 Å². The van der Waals surface area contributed by atoms with Crippen LogP contribution in [0.3, 0.4) is 0 Å². The minimum atomic E-state index is 0.0848. The Hall–Kier alpha value is -1.04. The second kappa shape index (κ2) is 8.41. The lowest BCUT2D eigenvalue weighted by Crippen LogP contribution is -2.29. The van der Waals surface area contributed by atoms with Crippen LogP contribution in [0.1, 0.15) is 13.3 Å². The summed E-state index contributed by atoms with van der Waals surface area (Å²) < 4.78 is 5.09. The molecule has 1 heterocycles. The number of rotatable bonds is 7. The zero-order valence-electron chi connectivity index (χ0n) is 12.8. The van der Waals surface area contributed by atoms with Crippen molar-refractivity contribution in [1.82, 2.24) is 4.90 Å². The first kappa shape index (κ1) is 16.3. The van der Waals surface area contributed by atoms with Crippen LogP contribution in [0.15, 0.2) is 29.2 Å². The molecule has 1 fully saturated rings. The van der Waals surface area contributed by atoms with Crippen LogP contribution < -0.4 is 5.32 Å². The minimum Gasteiger partial charge on any atom is -0.383 e. The number of amides is 1. The third-order valence-corrected chi connectivity index (χ3v) is 4.66. The standard InChI is InChI=1S/C16H24N2O2S/c1-3-21-15-7-5-4-6-14(15)17-16(19)13-8-9-18(12-13)10-11-20-2/h4-7,13H,3,8-12H2,1-2H3,(H,17,19). The molecule has 0 saturated carbocycles. The predicted octanol–water partition coefficient (Wildman–Crippen LogP) is 2.71. The Morgan fingerprint density at radius 3 is 3.05 bits per heavy atom. The van der Waals surface area contributed by atoms with Gasteiger partial charge in [-0.25, -0.2) is 0 Å². The third kappa shape index (κ3) is 4.73. The summed E-state index contributed by atoms with van der Waals surface area (Å²) in [6.07, 6.45) is 0.929. The Bertz CT molecular complexity index is 467. The number of nitrogens with one attached hydrogen (secondary N) is 1. The van der Waals surface area contributed by atoms with Crippen LogP contribution in [0.2, 0.25) is 0 Å². The van der Waals surface area contributed by atoms with Crippen molar-refractivity contribution >= 4 is 23.4 Å². The summed E-state index contributed by atoms with van der Waals surface area (Å²) in [5, 5.41) is 3.10. The van der Waals surface area contributed by atoms with Crippen molar-refractivity contribution in [1.29, 1.82) is 0 Å². The summed E-state index contributed by atoms with van der Waals surface area (Å²) >= 11 is 1.76. The van der Waals surface area contributed by atoms with Crippen molar-refractivity contribution < 1.29 is 9.53 Å². The zero-order chi connectivity index (χ0) is 15.1. The lowest BCUT2D eigenvalue weighted by molar-refractivity contribution is -0.119. The molecule has 0 aromatic heterocycles. The van der Waals surface area contributed by atoms with Crippen LogP contribution >= 0.6 is 11.8 Å². The fourth-order valence-electron chi connectivity index (χ4n) is 2.56. The van der Waals surface area contributed by atoms with Gasteiger partial charge >= 0.3 is 0 Å². The van der Waals surface area contributed by atoms with Gasteiger partial charge in [-0.05, 0) is 30.9 Å². The van der Waals surface area contributed by atoms with E-state index in [0.29, 0.717) is 0 Å². The summed E-state index contributed by atoms with van der Waals surface area (Å²) in [5.74, 6) is 1.22. The number of benzene rings is 1. The van der Waals surface area contributed by atoms with E-state index in [9.17, 15) is 4.79 Å². The Morgan fingerprint density at radius 2 is 2.29 bits per heavy atom. The maximum Gasteiger partial charge on any atom is 0.228 e. The summed E-state index contributed by atoms with van der Waals surface area (Å²) in [6, 6.07) is 8.02. The van der Waals surface area contributed by atoms with Crippen LogP contribution in [0.4, 0.5) is 5.69 Å².